The lowest BCUT2D eigenvalue weighted by molar-refractivity contribution is 0.0169. The molecule has 0 aromatic carbocycles. The normalized spacial score (nSPS) is 16.9. The highest BCUT2D eigenvalue weighted by molar-refractivity contribution is 7.10. The second-order valence-electron chi connectivity index (χ2n) is 5.33. The van der Waals surface area contributed by atoms with E-state index in [-0.39, 0.29) is 17.5 Å². The molecule has 7 heteroatoms. The van der Waals surface area contributed by atoms with Crippen LogP contribution in [0.4, 0.5) is 0 Å². The van der Waals surface area contributed by atoms with Crippen molar-refractivity contribution in [3.05, 3.63) is 56.6 Å². The number of pyridine rings is 1. The number of nitrogens with zero attached hydrogens (tertiary/aromatic N) is 1. The summed E-state index contributed by atoms with van der Waals surface area (Å²) in [5.74, 6) is -0.184. The van der Waals surface area contributed by atoms with Crippen molar-refractivity contribution in [3.63, 3.8) is 0 Å². The van der Waals surface area contributed by atoms with Crippen LogP contribution in [0.1, 0.15) is 21.3 Å². The van der Waals surface area contributed by atoms with E-state index in [1.807, 2.05) is 11.4 Å². The molecule has 23 heavy (non-hydrogen) atoms. The van der Waals surface area contributed by atoms with Crippen LogP contribution in [0.15, 0.2) is 40.6 Å². The summed E-state index contributed by atoms with van der Waals surface area (Å²) < 4.78 is 5.41. The maximum Gasteiger partial charge on any atom is 0.252 e. The molecule has 0 spiro atoms. The van der Waals surface area contributed by atoms with E-state index >= 15 is 0 Å². The van der Waals surface area contributed by atoms with Gasteiger partial charge < -0.3 is 15.0 Å². The highest BCUT2D eigenvalue weighted by Crippen LogP contribution is 2.25. The van der Waals surface area contributed by atoms with E-state index in [4.69, 9.17) is 4.74 Å². The maximum absolute atomic E-state index is 12.2. The van der Waals surface area contributed by atoms with Crippen LogP contribution in [0.25, 0.3) is 0 Å². The number of nitrogens with one attached hydrogen (secondary N) is 2. The predicted octanol–water partition coefficient (Wildman–Crippen LogP) is 1.24. The number of ether oxygens (including phenoxy) is 1. The molecule has 0 saturated carbocycles. The van der Waals surface area contributed by atoms with Crippen molar-refractivity contribution < 1.29 is 9.53 Å². The number of rotatable bonds is 5. The minimum Gasteiger partial charge on any atom is -0.379 e. The van der Waals surface area contributed by atoms with Gasteiger partial charge >= 0.3 is 0 Å². The first-order valence-electron chi connectivity index (χ1n) is 7.56. The molecular weight excluding hydrogens is 314 g/mol. The lowest BCUT2D eigenvalue weighted by Crippen LogP contribution is -2.43. The summed E-state index contributed by atoms with van der Waals surface area (Å²) in [6.07, 6.45) is 1.44. The average molecular weight is 333 g/mol. The van der Waals surface area contributed by atoms with Gasteiger partial charge in [0.05, 0.1) is 24.8 Å². The van der Waals surface area contributed by atoms with Crippen LogP contribution >= 0.6 is 11.3 Å². The van der Waals surface area contributed by atoms with Gasteiger partial charge in [0.15, 0.2) is 0 Å². The molecule has 1 aliphatic heterocycles. The van der Waals surface area contributed by atoms with Crippen LogP contribution in [0, 0.1) is 0 Å². The van der Waals surface area contributed by atoms with E-state index in [0.717, 1.165) is 26.3 Å². The minimum atomic E-state index is -0.216. The fourth-order valence-electron chi connectivity index (χ4n) is 2.62. The van der Waals surface area contributed by atoms with Gasteiger partial charge in [-0.1, -0.05) is 6.07 Å². The van der Waals surface area contributed by atoms with Crippen molar-refractivity contribution >= 4 is 17.2 Å². The zero-order valence-corrected chi connectivity index (χ0v) is 13.5. The molecule has 0 radical (unpaired) electrons. The summed E-state index contributed by atoms with van der Waals surface area (Å²) in [5, 5.41) is 5.02. The lowest BCUT2D eigenvalue weighted by Gasteiger charge is -2.34. The molecule has 0 aliphatic carbocycles. The number of thiophene rings is 1. The number of carbonyl (C=O) groups excluding carboxylic acids is 1. The number of carbonyl (C=O) groups is 1. The molecule has 0 unspecified atom stereocenters. The van der Waals surface area contributed by atoms with Crippen molar-refractivity contribution in [2.75, 3.05) is 32.8 Å². The Kier molecular flexibility index (Phi) is 5.22. The quantitative estimate of drug-likeness (QED) is 0.863. The lowest BCUT2D eigenvalue weighted by atomic mass is 10.1. The second-order valence-corrected chi connectivity index (χ2v) is 6.31. The molecule has 1 amide bonds. The van der Waals surface area contributed by atoms with Crippen molar-refractivity contribution in [1.82, 2.24) is 15.2 Å². The van der Waals surface area contributed by atoms with E-state index in [2.05, 4.69) is 21.3 Å². The first kappa shape index (κ1) is 15.9. The number of aromatic nitrogens is 1. The number of morpholine rings is 1. The van der Waals surface area contributed by atoms with Gasteiger partial charge in [0.2, 0.25) is 5.56 Å². The van der Waals surface area contributed by atoms with Crippen molar-refractivity contribution in [1.29, 1.82) is 0 Å². The Labute approximate surface area is 138 Å². The summed E-state index contributed by atoms with van der Waals surface area (Å²) in [7, 11) is 0. The third-order valence-corrected chi connectivity index (χ3v) is 4.83. The third-order valence-electron chi connectivity index (χ3n) is 3.86. The highest BCUT2D eigenvalue weighted by atomic mass is 32.1. The smallest absolute Gasteiger partial charge is 0.252 e. The summed E-state index contributed by atoms with van der Waals surface area (Å²) in [5.41, 5.74) is 0.239. The molecule has 1 aliphatic rings. The third kappa shape index (κ3) is 4.07. The Bertz CT molecular complexity index is 672. The van der Waals surface area contributed by atoms with E-state index in [0.29, 0.717) is 12.1 Å². The first-order chi connectivity index (χ1) is 11.2. The number of amides is 1. The molecule has 2 aromatic rings. The van der Waals surface area contributed by atoms with E-state index in [1.165, 1.54) is 23.2 Å². The fraction of sp³-hybridized carbons (Fsp3) is 0.375. The SMILES string of the molecule is O=C(NC[C@H](c1cccs1)N1CCOCC1)c1ccc(=O)[nH]c1. The Morgan fingerprint density at radius 2 is 2.17 bits per heavy atom. The van der Waals surface area contributed by atoms with Crippen LogP contribution in [0.5, 0.6) is 0 Å². The molecule has 1 fully saturated rings. The number of H-pyrrole nitrogens is 1. The maximum atomic E-state index is 12.2. The summed E-state index contributed by atoms with van der Waals surface area (Å²) >= 11 is 1.69. The molecule has 0 bridgehead atoms. The summed E-state index contributed by atoms with van der Waals surface area (Å²) in [6.45, 7) is 3.68. The van der Waals surface area contributed by atoms with Crippen LogP contribution < -0.4 is 10.9 Å². The largest absolute Gasteiger partial charge is 0.379 e. The average Bonchev–Trinajstić information content (AvgIpc) is 3.11. The van der Waals surface area contributed by atoms with Gasteiger partial charge in [-0.2, -0.15) is 0 Å². The Morgan fingerprint density at radius 3 is 2.83 bits per heavy atom. The molecule has 2 N–H and O–H groups in total. The minimum absolute atomic E-state index is 0.144. The monoisotopic (exact) mass is 333 g/mol. The van der Waals surface area contributed by atoms with Gasteiger partial charge in [0.25, 0.3) is 5.91 Å². The standard InChI is InChI=1S/C16H19N3O3S/c20-15-4-3-12(10-17-15)16(21)18-11-13(14-2-1-9-23-14)19-5-7-22-8-6-19/h1-4,9-10,13H,5-8,11H2,(H,17,20)(H,18,21)/t13-/m1/s1. The van der Waals surface area contributed by atoms with Crippen molar-refractivity contribution in [3.8, 4) is 0 Å². The zero-order chi connectivity index (χ0) is 16.1. The Balaban J connectivity index is 1.67. The van der Waals surface area contributed by atoms with Gasteiger partial charge in [-0.25, -0.2) is 0 Å². The number of hydrogen-bond acceptors (Lipinski definition) is 5. The molecule has 122 valence electrons. The molecule has 2 aromatic heterocycles. The van der Waals surface area contributed by atoms with E-state index in [9.17, 15) is 9.59 Å². The predicted molar refractivity (Wildman–Crippen MR) is 88.8 cm³/mol. The second kappa shape index (κ2) is 7.54. The number of hydrogen-bond donors (Lipinski definition) is 2. The zero-order valence-electron chi connectivity index (χ0n) is 12.7. The molecule has 1 saturated heterocycles. The van der Waals surface area contributed by atoms with Gasteiger partial charge in [-0.05, 0) is 17.5 Å². The highest BCUT2D eigenvalue weighted by Gasteiger charge is 2.24. The van der Waals surface area contributed by atoms with E-state index < -0.39 is 0 Å². The molecule has 3 rings (SSSR count). The topological polar surface area (TPSA) is 74.4 Å². The number of aromatic amines is 1. The fourth-order valence-corrected chi connectivity index (χ4v) is 3.48. The van der Waals surface area contributed by atoms with Crippen molar-refractivity contribution in [2.45, 2.75) is 6.04 Å². The summed E-state index contributed by atoms with van der Waals surface area (Å²) in [4.78, 5) is 29.4. The molecule has 6 nitrogen and oxygen atoms in total. The van der Waals surface area contributed by atoms with Crippen LogP contribution in [-0.4, -0.2) is 48.6 Å². The molecular formula is C16H19N3O3S. The van der Waals surface area contributed by atoms with Gasteiger partial charge in [0.1, 0.15) is 0 Å². The molecule has 1 atom stereocenters. The van der Waals surface area contributed by atoms with Crippen LogP contribution in [0.3, 0.4) is 0 Å². The molecule has 3 heterocycles. The van der Waals surface area contributed by atoms with E-state index in [1.54, 1.807) is 11.3 Å². The summed E-state index contributed by atoms with van der Waals surface area (Å²) in [6, 6.07) is 7.15. The Hall–Kier alpha value is -1.96. The van der Waals surface area contributed by atoms with Gasteiger partial charge in [0, 0.05) is 36.8 Å². The van der Waals surface area contributed by atoms with Gasteiger partial charge in [-0.15, -0.1) is 11.3 Å². The van der Waals surface area contributed by atoms with Gasteiger partial charge in [-0.3, -0.25) is 14.5 Å². The first-order valence-corrected chi connectivity index (χ1v) is 8.44. The van der Waals surface area contributed by atoms with Crippen LogP contribution in [0.2, 0.25) is 0 Å². The van der Waals surface area contributed by atoms with Crippen molar-refractivity contribution in [2.24, 2.45) is 0 Å². The van der Waals surface area contributed by atoms with Crippen LogP contribution in [-0.2, 0) is 4.74 Å². The Morgan fingerprint density at radius 1 is 1.35 bits per heavy atom.